The van der Waals surface area contributed by atoms with Gasteiger partial charge < -0.3 is 16.8 Å². The second kappa shape index (κ2) is 3.69. The second-order valence-electron chi connectivity index (χ2n) is 3.27. The number of carbonyl (C=O) groups is 1. The van der Waals surface area contributed by atoms with Crippen LogP contribution in [0.2, 0.25) is 0 Å². The van der Waals surface area contributed by atoms with Crippen LogP contribution in [0.3, 0.4) is 0 Å². The summed E-state index contributed by atoms with van der Waals surface area (Å²) in [6.45, 7) is 5.88. The average molecular weight is 159 g/mol. The van der Waals surface area contributed by atoms with Crippen molar-refractivity contribution in [2.75, 3.05) is 6.54 Å². The van der Waals surface area contributed by atoms with E-state index in [2.05, 4.69) is 5.32 Å². The highest BCUT2D eigenvalue weighted by molar-refractivity contribution is 5.83. The SMILES string of the molecule is CC(CN)NC(C)(C)C(N)=O. The first-order chi connectivity index (χ1) is 4.90. The number of amides is 1. The monoisotopic (exact) mass is 159 g/mol. The number of carbonyl (C=O) groups excluding carboxylic acids is 1. The van der Waals surface area contributed by atoms with E-state index in [1.54, 1.807) is 13.8 Å². The third kappa shape index (κ3) is 3.34. The highest BCUT2D eigenvalue weighted by Gasteiger charge is 2.25. The van der Waals surface area contributed by atoms with Crippen molar-refractivity contribution >= 4 is 5.91 Å². The van der Waals surface area contributed by atoms with Crippen LogP contribution < -0.4 is 16.8 Å². The summed E-state index contributed by atoms with van der Waals surface area (Å²) < 4.78 is 0. The summed E-state index contributed by atoms with van der Waals surface area (Å²) in [7, 11) is 0. The smallest absolute Gasteiger partial charge is 0.237 e. The highest BCUT2D eigenvalue weighted by atomic mass is 16.1. The molecular formula is C7H17N3O. The molecule has 0 bridgehead atoms. The fraction of sp³-hybridized carbons (Fsp3) is 0.857. The summed E-state index contributed by atoms with van der Waals surface area (Å²) in [4.78, 5) is 10.8. The van der Waals surface area contributed by atoms with Gasteiger partial charge in [-0.15, -0.1) is 0 Å². The van der Waals surface area contributed by atoms with Gasteiger partial charge in [-0.3, -0.25) is 4.79 Å². The molecule has 0 fully saturated rings. The number of primary amides is 1. The molecule has 0 aliphatic heterocycles. The molecule has 0 aliphatic rings. The van der Waals surface area contributed by atoms with Crippen LogP contribution >= 0.6 is 0 Å². The normalized spacial score (nSPS) is 14.5. The Hall–Kier alpha value is -0.610. The molecule has 11 heavy (non-hydrogen) atoms. The summed E-state index contributed by atoms with van der Waals surface area (Å²) in [5, 5.41) is 3.01. The van der Waals surface area contributed by atoms with Gasteiger partial charge in [0.1, 0.15) is 0 Å². The molecule has 1 unspecified atom stereocenters. The number of nitrogens with one attached hydrogen (secondary N) is 1. The van der Waals surface area contributed by atoms with E-state index in [0.717, 1.165) is 0 Å². The standard InChI is InChI=1S/C7H17N3O/c1-5(4-8)10-7(2,3)6(9)11/h5,10H,4,8H2,1-3H3,(H2,9,11). The fourth-order valence-corrected chi connectivity index (χ4v) is 0.746. The minimum atomic E-state index is -0.668. The van der Waals surface area contributed by atoms with Crippen molar-refractivity contribution in [3.8, 4) is 0 Å². The zero-order valence-corrected chi connectivity index (χ0v) is 7.35. The molecule has 0 aromatic rings. The molecule has 0 radical (unpaired) electrons. The van der Waals surface area contributed by atoms with Crippen molar-refractivity contribution in [3.05, 3.63) is 0 Å². The molecule has 0 heterocycles. The van der Waals surface area contributed by atoms with Gasteiger partial charge in [-0.05, 0) is 20.8 Å². The molecule has 4 nitrogen and oxygen atoms in total. The molecule has 0 saturated heterocycles. The van der Waals surface area contributed by atoms with Gasteiger partial charge in [0, 0.05) is 12.6 Å². The van der Waals surface area contributed by atoms with Crippen LogP contribution in [0.25, 0.3) is 0 Å². The van der Waals surface area contributed by atoms with E-state index in [0.29, 0.717) is 6.54 Å². The Morgan fingerprint density at radius 3 is 2.36 bits per heavy atom. The van der Waals surface area contributed by atoms with E-state index >= 15 is 0 Å². The molecule has 0 aromatic carbocycles. The summed E-state index contributed by atoms with van der Waals surface area (Å²) in [6, 6.07) is 0.109. The van der Waals surface area contributed by atoms with Crippen molar-refractivity contribution in [2.24, 2.45) is 11.5 Å². The molecule has 0 spiro atoms. The predicted molar refractivity (Wildman–Crippen MR) is 44.9 cm³/mol. The topological polar surface area (TPSA) is 81.1 Å². The van der Waals surface area contributed by atoms with Gasteiger partial charge in [-0.2, -0.15) is 0 Å². The summed E-state index contributed by atoms with van der Waals surface area (Å²) in [5.74, 6) is -0.363. The molecular weight excluding hydrogens is 142 g/mol. The van der Waals surface area contributed by atoms with E-state index in [1.165, 1.54) is 0 Å². The second-order valence-corrected chi connectivity index (χ2v) is 3.27. The van der Waals surface area contributed by atoms with E-state index in [-0.39, 0.29) is 11.9 Å². The van der Waals surface area contributed by atoms with E-state index in [4.69, 9.17) is 11.5 Å². The maximum Gasteiger partial charge on any atom is 0.237 e. The van der Waals surface area contributed by atoms with Crippen LogP contribution in [-0.4, -0.2) is 24.0 Å². The third-order valence-corrected chi connectivity index (χ3v) is 1.58. The third-order valence-electron chi connectivity index (χ3n) is 1.58. The van der Waals surface area contributed by atoms with Gasteiger partial charge in [0.25, 0.3) is 0 Å². The Balaban J connectivity index is 4.01. The largest absolute Gasteiger partial charge is 0.368 e. The Bertz CT molecular complexity index is 145. The van der Waals surface area contributed by atoms with Crippen LogP contribution in [-0.2, 0) is 4.79 Å². The Morgan fingerprint density at radius 2 is 2.09 bits per heavy atom. The lowest BCUT2D eigenvalue weighted by molar-refractivity contribution is -0.123. The number of hydrogen-bond acceptors (Lipinski definition) is 3. The molecule has 0 rings (SSSR count). The van der Waals surface area contributed by atoms with Crippen molar-refractivity contribution < 1.29 is 4.79 Å². The van der Waals surface area contributed by atoms with Crippen molar-refractivity contribution in [3.63, 3.8) is 0 Å². The molecule has 1 atom stereocenters. The first-order valence-corrected chi connectivity index (χ1v) is 3.68. The van der Waals surface area contributed by atoms with Gasteiger partial charge >= 0.3 is 0 Å². The van der Waals surface area contributed by atoms with Gasteiger partial charge in [0.15, 0.2) is 0 Å². The van der Waals surface area contributed by atoms with Gasteiger partial charge in [-0.25, -0.2) is 0 Å². The van der Waals surface area contributed by atoms with Crippen LogP contribution in [0.5, 0.6) is 0 Å². The molecule has 0 aliphatic carbocycles. The molecule has 66 valence electrons. The Kier molecular flexibility index (Phi) is 3.48. The van der Waals surface area contributed by atoms with Crippen molar-refractivity contribution in [1.29, 1.82) is 0 Å². The van der Waals surface area contributed by atoms with Crippen molar-refractivity contribution in [1.82, 2.24) is 5.32 Å². The first-order valence-electron chi connectivity index (χ1n) is 3.68. The van der Waals surface area contributed by atoms with Gasteiger partial charge in [-0.1, -0.05) is 0 Å². The Morgan fingerprint density at radius 1 is 1.64 bits per heavy atom. The quantitative estimate of drug-likeness (QED) is 0.501. The lowest BCUT2D eigenvalue weighted by Crippen LogP contribution is -2.55. The zero-order chi connectivity index (χ0) is 9.07. The molecule has 4 heteroatoms. The number of nitrogens with two attached hydrogens (primary N) is 2. The lowest BCUT2D eigenvalue weighted by Gasteiger charge is -2.26. The van der Waals surface area contributed by atoms with E-state index in [9.17, 15) is 4.79 Å². The highest BCUT2D eigenvalue weighted by Crippen LogP contribution is 2.01. The predicted octanol–water partition coefficient (Wildman–Crippen LogP) is -0.813. The van der Waals surface area contributed by atoms with Gasteiger partial charge in [0.05, 0.1) is 5.54 Å². The van der Waals surface area contributed by atoms with Gasteiger partial charge in [0.2, 0.25) is 5.91 Å². The fourth-order valence-electron chi connectivity index (χ4n) is 0.746. The average Bonchev–Trinajstić information content (AvgIpc) is 1.86. The van der Waals surface area contributed by atoms with Crippen LogP contribution in [0.15, 0.2) is 0 Å². The molecule has 0 saturated carbocycles. The minimum Gasteiger partial charge on any atom is -0.368 e. The Labute approximate surface area is 67.3 Å². The van der Waals surface area contributed by atoms with Crippen LogP contribution in [0, 0.1) is 0 Å². The maximum atomic E-state index is 10.8. The van der Waals surface area contributed by atoms with Crippen molar-refractivity contribution in [2.45, 2.75) is 32.4 Å². The lowest BCUT2D eigenvalue weighted by atomic mass is 10.0. The van der Waals surface area contributed by atoms with Crippen LogP contribution in [0.4, 0.5) is 0 Å². The molecule has 5 N–H and O–H groups in total. The number of hydrogen-bond donors (Lipinski definition) is 3. The number of rotatable bonds is 4. The van der Waals surface area contributed by atoms with Crippen LogP contribution in [0.1, 0.15) is 20.8 Å². The zero-order valence-electron chi connectivity index (χ0n) is 7.35. The molecule has 1 amide bonds. The van der Waals surface area contributed by atoms with E-state index < -0.39 is 5.54 Å². The van der Waals surface area contributed by atoms with E-state index in [1.807, 2.05) is 6.92 Å². The maximum absolute atomic E-state index is 10.8. The first kappa shape index (κ1) is 10.4. The summed E-state index contributed by atoms with van der Waals surface area (Å²) >= 11 is 0. The molecule has 0 aromatic heterocycles. The summed E-state index contributed by atoms with van der Waals surface area (Å²) in [6.07, 6.45) is 0. The summed E-state index contributed by atoms with van der Waals surface area (Å²) in [5.41, 5.74) is 9.83. The minimum absolute atomic E-state index is 0.109.